The molecule has 2 heterocycles. The second kappa shape index (κ2) is 7.78. The van der Waals surface area contributed by atoms with Crippen molar-refractivity contribution in [3.05, 3.63) is 95.0 Å². The fourth-order valence-corrected chi connectivity index (χ4v) is 4.57. The summed E-state index contributed by atoms with van der Waals surface area (Å²) in [4.78, 5) is 45.9. The molecule has 8 heteroatoms. The number of nitrogens with zero attached hydrogens (tertiary/aromatic N) is 2. The van der Waals surface area contributed by atoms with E-state index in [2.05, 4.69) is 0 Å². The molecule has 3 aromatic rings. The summed E-state index contributed by atoms with van der Waals surface area (Å²) < 4.78 is 0. The van der Waals surface area contributed by atoms with Gasteiger partial charge in [0.05, 0.1) is 28.0 Å². The molecule has 160 valence electrons. The number of carbonyl (C=O) groups is 3. The minimum atomic E-state index is -1.13. The number of hydrogen-bond donors (Lipinski definition) is 1. The molecule has 2 aliphatic heterocycles. The predicted molar refractivity (Wildman–Crippen MR) is 117 cm³/mol. The molecule has 0 saturated carbocycles. The normalized spacial score (nSPS) is 22.3. The van der Waals surface area contributed by atoms with Crippen LogP contribution in [0.1, 0.15) is 22.0 Å². The fourth-order valence-electron chi connectivity index (χ4n) is 4.35. The van der Waals surface area contributed by atoms with Gasteiger partial charge in [-0.2, -0.15) is 0 Å². The number of amides is 2. The van der Waals surface area contributed by atoms with Gasteiger partial charge >= 0.3 is 5.97 Å². The van der Waals surface area contributed by atoms with Crippen molar-refractivity contribution in [1.82, 2.24) is 0 Å². The first kappa shape index (κ1) is 20.2. The van der Waals surface area contributed by atoms with E-state index in [-0.39, 0.29) is 16.3 Å². The number of carboxylic acids is 1. The summed E-state index contributed by atoms with van der Waals surface area (Å²) in [5, 5.41) is 11.5. The first-order valence-corrected chi connectivity index (χ1v) is 10.3. The van der Waals surface area contributed by atoms with E-state index in [1.54, 1.807) is 66.7 Å². The van der Waals surface area contributed by atoms with Crippen LogP contribution in [0.2, 0.25) is 5.02 Å². The number of hydrogen-bond acceptors (Lipinski definition) is 5. The van der Waals surface area contributed by atoms with Crippen molar-refractivity contribution in [2.75, 3.05) is 9.96 Å². The zero-order chi connectivity index (χ0) is 22.4. The van der Waals surface area contributed by atoms with Gasteiger partial charge in [-0.25, -0.2) is 14.8 Å². The van der Waals surface area contributed by atoms with Gasteiger partial charge in [-0.05, 0) is 35.9 Å². The van der Waals surface area contributed by atoms with Crippen LogP contribution < -0.4 is 9.96 Å². The first-order valence-electron chi connectivity index (χ1n) is 9.94. The van der Waals surface area contributed by atoms with Gasteiger partial charge in [-0.15, -0.1) is 0 Å². The van der Waals surface area contributed by atoms with Crippen LogP contribution in [0.4, 0.5) is 11.4 Å². The van der Waals surface area contributed by atoms with E-state index in [4.69, 9.17) is 16.4 Å². The number of aromatic carboxylic acids is 1. The van der Waals surface area contributed by atoms with E-state index in [1.807, 2.05) is 6.07 Å². The Bertz CT molecular complexity index is 1230. The van der Waals surface area contributed by atoms with Crippen molar-refractivity contribution in [1.29, 1.82) is 0 Å². The van der Waals surface area contributed by atoms with Crippen LogP contribution in [0, 0.1) is 5.92 Å². The maximum Gasteiger partial charge on any atom is 0.336 e. The van der Waals surface area contributed by atoms with Gasteiger partial charge in [0, 0.05) is 0 Å². The summed E-state index contributed by atoms with van der Waals surface area (Å²) in [5.74, 6) is -3.10. The SMILES string of the molecule is O=C(O)c1ccccc1[C@@H]1[C@@H]2C(=O)N(c3ccccc3Cl)C(=O)[C@H]2ON1c1ccccc1. The molecule has 2 aliphatic rings. The number of rotatable bonds is 4. The molecule has 0 spiro atoms. The Kier molecular flexibility index (Phi) is 4.92. The Hall–Kier alpha value is -3.68. The van der Waals surface area contributed by atoms with Gasteiger partial charge in [-0.1, -0.05) is 60.1 Å². The van der Waals surface area contributed by atoms with E-state index >= 15 is 0 Å². The number of carboxylic acid groups (broad SMARTS) is 1. The van der Waals surface area contributed by atoms with E-state index in [0.717, 1.165) is 4.90 Å². The molecule has 0 unspecified atom stereocenters. The Morgan fingerprint density at radius 1 is 0.875 bits per heavy atom. The molecule has 7 nitrogen and oxygen atoms in total. The number of hydroxylamine groups is 1. The molecule has 5 rings (SSSR count). The summed E-state index contributed by atoms with van der Waals surface area (Å²) in [7, 11) is 0. The molecule has 2 saturated heterocycles. The number of fused-ring (bicyclic) bond motifs is 1. The second-order valence-corrected chi connectivity index (χ2v) is 7.92. The van der Waals surface area contributed by atoms with Crippen LogP contribution in [0.3, 0.4) is 0 Å². The molecule has 2 amide bonds. The maximum atomic E-state index is 13.6. The molecule has 3 aromatic carbocycles. The van der Waals surface area contributed by atoms with Crippen molar-refractivity contribution in [2.45, 2.75) is 12.1 Å². The predicted octanol–water partition coefficient (Wildman–Crippen LogP) is 4.09. The van der Waals surface area contributed by atoms with Crippen molar-refractivity contribution >= 4 is 40.8 Å². The average Bonchev–Trinajstić information content (AvgIpc) is 3.31. The zero-order valence-electron chi connectivity index (χ0n) is 16.6. The first-order chi connectivity index (χ1) is 15.5. The van der Waals surface area contributed by atoms with Crippen LogP contribution in [0.15, 0.2) is 78.9 Å². The van der Waals surface area contributed by atoms with Crippen LogP contribution in [0.5, 0.6) is 0 Å². The zero-order valence-corrected chi connectivity index (χ0v) is 17.3. The minimum absolute atomic E-state index is 0.0409. The minimum Gasteiger partial charge on any atom is -0.478 e. The quantitative estimate of drug-likeness (QED) is 0.605. The lowest BCUT2D eigenvalue weighted by Gasteiger charge is -2.29. The summed E-state index contributed by atoms with van der Waals surface area (Å²) in [6, 6.07) is 21.2. The van der Waals surface area contributed by atoms with E-state index < -0.39 is 35.8 Å². The van der Waals surface area contributed by atoms with Gasteiger partial charge in [0.15, 0.2) is 6.10 Å². The van der Waals surface area contributed by atoms with Crippen molar-refractivity contribution in [3.8, 4) is 0 Å². The number of imide groups is 1. The molecule has 2 fully saturated rings. The number of benzene rings is 3. The van der Waals surface area contributed by atoms with E-state index in [9.17, 15) is 19.5 Å². The summed E-state index contributed by atoms with van der Waals surface area (Å²) in [5.41, 5.74) is 1.31. The lowest BCUT2D eigenvalue weighted by molar-refractivity contribution is -0.126. The second-order valence-electron chi connectivity index (χ2n) is 7.51. The van der Waals surface area contributed by atoms with Gasteiger partial charge in [-0.3, -0.25) is 14.4 Å². The van der Waals surface area contributed by atoms with Crippen LogP contribution >= 0.6 is 11.6 Å². The highest BCUT2D eigenvalue weighted by Gasteiger charge is 2.61. The van der Waals surface area contributed by atoms with Crippen molar-refractivity contribution < 1.29 is 24.3 Å². The fraction of sp³-hybridized carbons (Fsp3) is 0.125. The number of anilines is 2. The number of para-hydroxylation sites is 2. The Morgan fingerprint density at radius 2 is 1.53 bits per heavy atom. The molecule has 0 radical (unpaired) electrons. The summed E-state index contributed by atoms with van der Waals surface area (Å²) in [6.07, 6.45) is -1.11. The molecule has 0 bridgehead atoms. The van der Waals surface area contributed by atoms with Crippen LogP contribution in [-0.4, -0.2) is 29.0 Å². The Labute approximate surface area is 188 Å². The largest absolute Gasteiger partial charge is 0.478 e. The molecule has 3 atom stereocenters. The van der Waals surface area contributed by atoms with Crippen molar-refractivity contribution in [3.63, 3.8) is 0 Å². The Balaban J connectivity index is 1.65. The smallest absolute Gasteiger partial charge is 0.336 e. The topological polar surface area (TPSA) is 87.2 Å². The molecule has 0 aliphatic carbocycles. The monoisotopic (exact) mass is 448 g/mol. The van der Waals surface area contributed by atoms with E-state index in [1.165, 1.54) is 11.1 Å². The molecule has 0 aromatic heterocycles. The lowest BCUT2D eigenvalue weighted by atomic mass is 9.88. The molecular formula is C24H17ClN2O5. The van der Waals surface area contributed by atoms with Gasteiger partial charge in [0.2, 0.25) is 5.91 Å². The van der Waals surface area contributed by atoms with Crippen LogP contribution in [0.25, 0.3) is 0 Å². The third-order valence-electron chi connectivity index (χ3n) is 5.73. The highest BCUT2D eigenvalue weighted by atomic mass is 35.5. The standard InChI is InChI=1S/C24H17ClN2O5/c25-17-12-6-7-13-18(17)26-22(28)19-20(15-10-4-5-11-16(15)24(30)31)27(32-21(19)23(26)29)14-8-2-1-3-9-14/h1-13,19-21H,(H,30,31)/t19-,20+,21-/m0/s1. The summed E-state index contributed by atoms with van der Waals surface area (Å²) in [6.45, 7) is 0. The van der Waals surface area contributed by atoms with Crippen molar-refractivity contribution in [2.24, 2.45) is 5.92 Å². The summed E-state index contributed by atoms with van der Waals surface area (Å²) >= 11 is 6.26. The molecular weight excluding hydrogens is 432 g/mol. The van der Waals surface area contributed by atoms with E-state index in [0.29, 0.717) is 11.3 Å². The maximum absolute atomic E-state index is 13.6. The highest BCUT2D eigenvalue weighted by molar-refractivity contribution is 6.36. The number of halogens is 1. The van der Waals surface area contributed by atoms with Crippen LogP contribution in [-0.2, 0) is 14.4 Å². The highest BCUT2D eigenvalue weighted by Crippen LogP contribution is 2.48. The third-order valence-corrected chi connectivity index (χ3v) is 6.05. The average molecular weight is 449 g/mol. The number of carbonyl (C=O) groups excluding carboxylic acids is 2. The van der Waals surface area contributed by atoms with Gasteiger partial charge in [0.25, 0.3) is 5.91 Å². The third kappa shape index (κ3) is 3.05. The lowest BCUT2D eigenvalue weighted by Crippen LogP contribution is -2.37. The Morgan fingerprint density at radius 3 is 2.25 bits per heavy atom. The van der Waals surface area contributed by atoms with Gasteiger partial charge < -0.3 is 5.11 Å². The van der Waals surface area contributed by atoms with Gasteiger partial charge in [0.1, 0.15) is 5.92 Å². The molecule has 32 heavy (non-hydrogen) atoms. The molecule has 1 N–H and O–H groups in total.